The Labute approximate surface area is 113 Å². The largest absolute Gasteiger partial charge is 0.481 e. The minimum Gasteiger partial charge on any atom is -0.481 e. The van der Waals surface area contributed by atoms with Crippen LogP contribution in [0.1, 0.15) is 32.6 Å². The van der Waals surface area contributed by atoms with Gasteiger partial charge in [0.05, 0.1) is 5.92 Å². The third-order valence-corrected chi connectivity index (χ3v) is 3.36. The summed E-state index contributed by atoms with van der Waals surface area (Å²) >= 11 is 1.83. The van der Waals surface area contributed by atoms with Gasteiger partial charge in [0.1, 0.15) is 0 Å². The van der Waals surface area contributed by atoms with Crippen molar-refractivity contribution in [3.8, 4) is 0 Å². The highest BCUT2D eigenvalue weighted by atomic mass is 32.2. The number of hydrogen-bond acceptors (Lipinski definition) is 3. The van der Waals surface area contributed by atoms with Gasteiger partial charge < -0.3 is 15.7 Å². The number of nitrogens with one attached hydrogen (secondary N) is 2. The zero-order chi connectivity index (χ0) is 13.8. The number of aliphatic carboxylic acids is 1. The first-order valence-corrected chi connectivity index (χ1v) is 7.74. The summed E-state index contributed by atoms with van der Waals surface area (Å²) in [6.45, 7) is 2.62. The molecular formula is C12H24N2O3S. The molecule has 106 valence electrons. The fraction of sp³-hybridized carbons (Fsp3) is 0.833. The number of hydrogen-bond donors (Lipinski definition) is 3. The molecule has 0 fully saturated rings. The third-order valence-electron chi connectivity index (χ3n) is 2.66. The van der Waals surface area contributed by atoms with Crippen molar-refractivity contribution >= 4 is 23.8 Å². The lowest BCUT2D eigenvalue weighted by Gasteiger charge is -2.11. The lowest BCUT2D eigenvalue weighted by molar-refractivity contribution is -0.141. The lowest BCUT2D eigenvalue weighted by Crippen LogP contribution is -2.40. The molecule has 0 aliphatic carbocycles. The molecule has 0 saturated heterocycles. The molecule has 0 aromatic heterocycles. The number of amides is 2. The van der Waals surface area contributed by atoms with Crippen LogP contribution >= 0.6 is 11.8 Å². The predicted molar refractivity (Wildman–Crippen MR) is 75.1 cm³/mol. The topological polar surface area (TPSA) is 78.4 Å². The van der Waals surface area contributed by atoms with E-state index in [1.54, 1.807) is 6.92 Å². The lowest BCUT2D eigenvalue weighted by atomic mass is 10.1. The Morgan fingerprint density at radius 3 is 2.50 bits per heavy atom. The van der Waals surface area contributed by atoms with Gasteiger partial charge in [-0.15, -0.1) is 0 Å². The van der Waals surface area contributed by atoms with Crippen LogP contribution in [-0.4, -0.2) is 42.2 Å². The van der Waals surface area contributed by atoms with Gasteiger partial charge in [-0.25, -0.2) is 4.79 Å². The van der Waals surface area contributed by atoms with E-state index in [4.69, 9.17) is 5.11 Å². The summed E-state index contributed by atoms with van der Waals surface area (Å²) in [5.41, 5.74) is 0. The van der Waals surface area contributed by atoms with Gasteiger partial charge in [0.25, 0.3) is 0 Å². The molecule has 6 heteroatoms. The Balaban J connectivity index is 3.50. The molecule has 0 aromatic rings. The Kier molecular flexibility index (Phi) is 10.6. The van der Waals surface area contributed by atoms with Crippen molar-refractivity contribution in [3.05, 3.63) is 0 Å². The number of carboxylic acid groups (broad SMARTS) is 1. The van der Waals surface area contributed by atoms with Crippen LogP contribution < -0.4 is 10.6 Å². The molecule has 1 atom stereocenters. The standard InChI is InChI=1S/C12H24N2O3S/c1-3-10(11(15)16)9-14-12(17)13-7-5-4-6-8-18-2/h10H,3-9H2,1-2H3,(H,15,16)(H2,13,14,17). The Morgan fingerprint density at radius 2 is 1.94 bits per heavy atom. The number of urea groups is 1. The van der Waals surface area contributed by atoms with Crippen molar-refractivity contribution in [2.75, 3.05) is 25.1 Å². The van der Waals surface area contributed by atoms with E-state index in [0.717, 1.165) is 18.6 Å². The van der Waals surface area contributed by atoms with Gasteiger partial charge in [0, 0.05) is 13.1 Å². The number of thioether (sulfide) groups is 1. The summed E-state index contributed by atoms with van der Waals surface area (Å²) in [6.07, 6.45) is 5.84. The Morgan fingerprint density at radius 1 is 1.22 bits per heavy atom. The molecule has 3 N–H and O–H groups in total. The smallest absolute Gasteiger partial charge is 0.314 e. The fourth-order valence-electron chi connectivity index (χ4n) is 1.43. The molecule has 0 bridgehead atoms. The van der Waals surface area contributed by atoms with Crippen LogP contribution in [0.15, 0.2) is 0 Å². The Hall–Kier alpha value is -0.910. The molecule has 0 aliphatic heterocycles. The average molecular weight is 276 g/mol. The van der Waals surface area contributed by atoms with Gasteiger partial charge in [-0.05, 0) is 31.3 Å². The zero-order valence-electron chi connectivity index (χ0n) is 11.2. The molecular weight excluding hydrogens is 252 g/mol. The van der Waals surface area contributed by atoms with Crippen LogP contribution in [0.2, 0.25) is 0 Å². The number of carbonyl (C=O) groups excluding carboxylic acids is 1. The summed E-state index contributed by atoms with van der Waals surface area (Å²) in [5, 5.41) is 14.1. The molecule has 18 heavy (non-hydrogen) atoms. The molecule has 0 aromatic carbocycles. The SMILES string of the molecule is CCC(CNC(=O)NCCCCCSC)C(=O)O. The summed E-state index contributed by atoms with van der Waals surface area (Å²) in [6, 6.07) is -0.278. The summed E-state index contributed by atoms with van der Waals surface area (Å²) in [5.74, 6) is -0.213. The van der Waals surface area contributed by atoms with Crippen LogP contribution in [0.4, 0.5) is 4.79 Å². The highest BCUT2D eigenvalue weighted by Crippen LogP contribution is 2.01. The van der Waals surface area contributed by atoms with E-state index in [1.165, 1.54) is 6.42 Å². The maximum atomic E-state index is 11.4. The maximum Gasteiger partial charge on any atom is 0.314 e. The minimum absolute atomic E-state index is 0.185. The molecule has 0 rings (SSSR count). The van der Waals surface area contributed by atoms with Crippen molar-refractivity contribution in [2.45, 2.75) is 32.6 Å². The minimum atomic E-state index is -0.866. The summed E-state index contributed by atoms with van der Waals surface area (Å²) < 4.78 is 0. The molecule has 5 nitrogen and oxygen atoms in total. The van der Waals surface area contributed by atoms with E-state index in [2.05, 4.69) is 16.9 Å². The monoisotopic (exact) mass is 276 g/mol. The van der Waals surface area contributed by atoms with E-state index >= 15 is 0 Å². The van der Waals surface area contributed by atoms with Crippen LogP contribution in [0, 0.1) is 5.92 Å². The van der Waals surface area contributed by atoms with E-state index in [1.807, 2.05) is 11.8 Å². The van der Waals surface area contributed by atoms with Crippen molar-refractivity contribution in [1.82, 2.24) is 10.6 Å². The molecule has 1 unspecified atom stereocenters. The van der Waals surface area contributed by atoms with E-state index in [-0.39, 0.29) is 12.6 Å². The fourth-order valence-corrected chi connectivity index (χ4v) is 1.93. The van der Waals surface area contributed by atoms with Crippen molar-refractivity contribution in [3.63, 3.8) is 0 Å². The maximum absolute atomic E-state index is 11.4. The first-order valence-electron chi connectivity index (χ1n) is 6.35. The predicted octanol–water partition coefficient (Wildman–Crippen LogP) is 1.93. The van der Waals surface area contributed by atoms with E-state index in [9.17, 15) is 9.59 Å². The van der Waals surface area contributed by atoms with Gasteiger partial charge in [-0.2, -0.15) is 11.8 Å². The van der Waals surface area contributed by atoms with Crippen molar-refractivity contribution < 1.29 is 14.7 Å². The van der Waals surface area contributed by atoms with Gasteiger partial charge in [-0.3, -0.25) is 4.79 Å². The van der Waals surface area contributed by atoms with Crippen molar-refractivity contribution in [1.29, 1.82) is 0 Å². The van der Waals surface area contributed by atoms with Gasteiger partial charge in [-0.1, -0.05) is 13.3 Å². The van der Waals surface area contributed by atoms with E-state index in [0.29, 0.717) is 13.0 Å². The number of rotatable bonds is 10. The Bertz CT molecular complexity index is 249. The van der Waals surface area contributed by atoms with Crippen LogP contribution in [0.5, 0.6) is 0 Å². The van der Waals surface area contributed by atoms with Gasteiger partial charge in [0.2, 0.25) is 0 Å². The van der Waals surface area contributed by atoms with Gasteiger partial charge in [0.15, 0.2) is 0 Å². The first kappa shape index (κ1) is 17.1. The van der Waals surface area contributed by atoms with Crippen LogP contribution in [0.3, 0.4) is 0 Å². The van der Waals surface area contributed by atoms with Crippen molar-refractivity contribution in [2.24, 2.45) is 5.92 Å². The van der Waals surface area contributed by atoms with E-state index < -0.39 is 11.9 Å². The number of carboxylic acids is 1. The molecule has 0 radical (unpaired) electrons. The molecule has 0 heterocycles. The second kappa shape index (κ2) is 11.2. The summed E-state index contributed by atoms with van der Waals surface area (Å²) in [4.78, 5) is 22.1. The number of carbonyl (C=O) groups is 2. The average Bonchev–Trinajstić information content (AvgIpc) is 2.34. The highest BCUT2D eigenvalue weighted by molar-refractivity contribution is 7.98. The second-order valence-electron chi connectivity index (χ2n) is 4.13. The molecule has 0 saturated carbocycles. The second-order valence-corrected chi connectivity index (χ2v) is 5.12. The van der Waals surface area contributed by atoms with Gasteiger partial charge >= 0.3 is 12.0 Å². The zero-order valence-corrected chi connectivity index (χ0v) is 12.0. The third kappa shape index (κ3) is 9.15. The van der Waals surface area contributed by atoms with Crippen LogP contribution in [-0.2, 0) is 4.79 Å². The normalized spacial score (nSPS) is 11.9. The molecule has 0 aliphatic rings. The quantitative estimate of drug-likeness (QED) is 0.533. The highest BCUT2D eigenvalue weighted by Gasteiger charge is 2.15. The molecule has 2 amide bonds. The molecule has 0 spiro atoms. The first-order chi connectivity index (χ1) is 8.61. The van der Waals surface area contributed by atoms with Crippen LogP contribution in [0.25, 0.3) is 0 Å². The number of unbranched alkanes of at least 4 members (excludes halogenated alkanes) is 2. The summed E-state index contributed by atoms with van der Waals surface area (Å²) in [7, 11) is 0.